The highest BCUT2D eigenvalue weighted by Gasteiger charge is 2.18. The largest absolute Gasteiger partial charge is 0.395 e. The van der Waals surface area contributed by atoms with E-state index in [1.807, 2.05) is 12.4 Å². The third-order valence-electron chi connectivity index (χ3n) is 2.48. The maximum Gasteiger partial charge on any atom is 0.0798 e. The van der Waals surface area contributed by atoms with Crippen LogP contribution >= 0.6 is 11.3 Å². The van der Waals surface area contributed by atoms with E-state index in [0.717, 1.165) is 18.7 Å². The van der Waals surface area contributed by atoms with Crippen molar-refractivity contribution >= 4 is 11.3 Å². The van der Waals surface area contributed by atoms with Gasteiger partial charge in [0.2, 0.25) is 0 Å². The normalized spacial score (nSPS) is 14.1. The summed E-state index contributed by atoms with van der Waals surface area (Å²) in [6, 6.07) is 0.168. The molecule has 92 valence electrons. The van der Waals surface area contributed by atoms with Crippen molar-refractivity contribution in [2.75, 3.05) is 6.61 Å². The van der Waals surface area contributed by atoms with Crippen molar-refractivity contribution in [3.63, 3.8) is 0 Å². The van der Waals surface area contributed by atoms with Crippen LogP contribution in [0.25, 0.3) is 0 Å². The van der Waals surface area contributed by atoms with Crippen molar-refractivity contribution in [1.82, 2.24) is 10.3 Å². The van der Waals surface area contributed by atoms with Crippen LogP contribution < -0.4 is 5.32 Å². The van der Waals surface area contributed by atoms with Crippen LogP contribution in [0.5, 0.6) is 0 Å². The van der Waals surface area contributed by atoms with Crippen molar-refractivity contribution in [2.45, 2.75) is 46.7 Å². The summed E-state index contributed by atoms with van der Waals surface area (Å²) >= 11 is 1.66. The molecule has 1 atom stereocenters. The lowest BCUT2D eigenvalue weighted by molar-refractivity contribution is 0.198. The number of thiazole rings is 1. The molecule has 3 nitrogen and oxygen atoms in total. The van der Waals surface area contributed by atoms with Gasteiger partial charge in [-0.2, -0.15) is 0 Å². The fourth-order valence-electron chi connectivity index (χ4n) is 1.67. The maximum absolute atomic E-state index is 9.31. The van der Waals surface area contributed by atoms with Crippen LogP contribution in [-0.4, -0.2) is 22.7 Å². The molecule has 1 heterocycles. The Morgan fingerprint density at radius 3 is 2.62 bits per heavy atom. The van der Waals surface area contributed by atoms with Gasteiger partial charge in [0.05, 0.1) is 17.8 Å². The molecule has 4 heteroatoms. The third kappa shape index (κ3) is 4.60. The lowest BCUT2D eigenvalue weighted by Gasteiger charge is -2.25. The highest BCUT2D eigenvalue weighted by Crippen LogP contribution is 2.21. The zero-order valence-electron chi connectivity index (χ0n) is 10.6. The molecule has 0 amide bonds. The predicted octanol–water partition coefficient (Wildman–Crippen LogP) is 2.34. The minimum Gasteiger partial charge on any atom is -0.395 e. The molecular weight excluding hydrogens is 220 g/mol. The number of aliphatic hydroxyl groups excluding tert-OH is 1. The maximum atomic E-state index is 9.31. The smallest absolute Gasteiger partial charge is 0.0798 e. The van der Waals surface area contributed by atoms with Gasteiger partial charge in [0.1, 0.15) is 0 Å². The third-order valence-corrected chi connectivity index (χ3v) is 3.41. The van der Waals surface area contributed by atoms with E-state index in [-0.39, 0.29) is 18.1 Å². The molecule has 0 bridgehead atoms. The number of rotatable bonds is 5. The minimum absolute atomic E-state index is 0.168. The first-order valence-electron chi connectivity index (χ1n) is 5.65. The summed E-state index contributed by atoms with van der Waals surface area (Å²) < 4.78 is 0. The number of aliphatic hydroxyl groups is 1. The fraction of sp³-hybridized carbons (Fsp3) is 0.750. The van der Waals surface area contributed by atoms with E-state index in [9.17, 15) is 5.11 Å². The van der Waals surface area contributed by atoms with Crippen molar-refractivity contribution in [2.24, 2.45) is 5.41 Å². The zero-order valence-corrected chi connectivity index (χ0v) is 11.4. The minimum atomic E-state index is 0.168. The molecule has 0 aromatic carbocycles. The van der Waals surface area contributed by atoms with Gasteiger partial charge in [0.15, 0.2) is 0 Å². The van der Waals surface area contributed by atoms with Gasteiger partial charge in [-0.25, -0.2) is 4.98 Å². The van der Waals surface area contributed by atoms with Crippen molar-refractivity contribution < 1.29 is 5.11 Å². The van der Waals surface area contributed by atoms with E-state index < -0.39 is 0 Å². The van der Waals surface area contributed by atoms with E-state index in [4.69, 9.17) is 0 Å². The molecule has 0 saturated heterocycles. The number of aryl methyl sites for hydroxylation is 1. The lowest BCUT2D eigenvalue weighted by Crippen LogP contribution is -2.35. The summed E-state index contributed by atoms with van der Waals surface area (Å²) in [6.45, 7) is 9.58. The number of nitrogens with one attached hydrogen (secondary N) is 1. The monoisotopic (exact) mass is 242 g/mol. The standard InChI is InChI=1S/C12H22N2OS/c1-9-11(16-8-14-9)6-13-10(7-15)5-12(2,3)4/h8,10,13,15H,5-7H2,1-4H3. The topological polar surface area (TPSA) is 45.2 Å². The molecule has 0 aliphatic rings. The van der Waals surface area contributed by atoms with Crippen LogP contribution in [0.2, 0.25) is 0 Å². The molecule has 0 spiro atoms. The predicted molar refractivity (Wildman–Crippen MR) is 68.6 cm³/mol. The summed E-state index contributed by atoms with van der Waals surface area (Å²) in [5.74, 6) is 0. The highest BCUT2D eigenvalue weighted by molar-refractivity contribution is 7.09. The first-order valence-corrected chi connectivity index (χ1v) is 6.53. The molecule has 1 aromatic heterocycles. The fourth-order valence-corrected chi connectivity index (χ4v) is 2.40. The Morgan fingerprint density at radius 1 is 1.50 bits per heavy atom. The molecule has 0 fully saturated rings. The molecule has 0 aliphatic carbocycles. The SMILES string of the molecule is Cc1ncsc1CNC(CO)CC(C)(C)C. The molecule has 1 aromatic rings. The number of aromatic nitrogens is 1. The van der Waals surface area contributed by atoms with Gasteiger partial charge in [-0.3, -0.25) is 0 Å². The van der Waals surface area contributed by atoms with Crippen molar-refractivity contribution in [1.29, 1.82) is 0 Å². The number of hydrogen-bond acceptors (Lipinski definition) is 4. The summed E-state index contributed by atoms with van der Waals surface area (Å²) in [7, 11) is 0. The van der Waals surface area contributed by atoms with E-state index in [0.29, 0.717) is 0 Å². The average Bonchev–Trinajstić information content (AvgIpc) is 2.57. The number of nitrogens with zero attached hydrogens (tertiary/aromatic N) is 1. The van der Waals surface area contributed by atoms with E-state index in [1.54, 1.807) is 11.3 Å². The summed E-state index contributed by atoms with van der Waals surface area (Å²) in [4.78, 5) is 5.47. The summed E-state index contributed by atoms with van der Waals surface area (Å²) in [5, 5.41) is 12.7. The van der Waals surface area contributed by atoms with Gasteiger partial charge >= 0.3 is 0 Å². The molecule has 0 radical (unpaired) electrons. The summed E-state index contributed by atoms with van der Waals surface area (Å²) in [5.41, 5.74) is 3.19. The van der Waals surface area contributed by atoms with E-state index in [1.165, 1.54) is 4.88 Å². The van der Waals surface area contributed by atoms with Gasteiger partial charge in [-0.1, -0.05) is 20.8 Å². The Kier molecular flexibility index (Phi) is 4.89. The molecule has 1 rings (SSSR count). The molecule has 16 heavy (non-hydrogen) atoms. The van der Waals surface area contributed by atoms with Crippen LogP contribution in [0.15, 0.2) is 5.51 Å². The van der Waals surface area contributed by atoms with Gasteiger partial charge < -0.3 is 10.4 Å². The summed E-state index contributed by atoms with van der Waals surface area (Å²) in [6.07, 6.45) is 0.974. The van der Waals surface area contributed by atoms with E-state index in [2.05, 4.69) is 31.1 Å². The second-order valence-electron chi connectivity index (χ2n) is 5.39. The van der Waals surface area contributed by atoms with Crippen LogP contribution in [0.4, 0.5) is 0 Å². The Labute approximate surface area is 102 Å². The molecule has 1 unspecified atom stereocenters. The van der Waals surface area contributed by atoms with Crippen molar-refractivity contribution in [3.05, 3.63) is 16.1 Å². The first kappa shape index (κ1) is 13.6. The second kappa shape index (κ2) is 5.75. The number of hydrogen-bond donors (Lipinski definition) is 2. The van der Waals surface area contributed by atoms with Gasteiger partial charge in [0, 0.05) is 17.5 Å². The Balaban J connectivity index is 2.43. The van der Waals surface area contributed by atoms with Gasteiger partial charge in [-0.15, -0.1) is 11.3 Å². The zero-order chi connectivity index (χ0) is 12.2. The Bertz CT molecular complexity index is 317. The van der Waals surface area contributed by atoms with Crippen LogP contribution in [0.1, 0.15) is 37.8 Å². The molecular formula is C12H22N2OS. The molecule has 0 saturated carbocycles. The van der Waals surface area contributed by atoms with Crippen LogP contribution in [-0.2, 0) is 6.54 Å². The van der Waals surface area contributed by atoms with Gasteiger partial charge in [-0.05, 0) is 18.8 Å². The van der Waals surface area contributed by atoms with Crippen LogP contribution in [0, 0.1) is 12.3 Å². The lowest BCUT2D eigenvalue weighted by atomic mass is 9.88. The van der Waals surface area contributed by atoms with Gasteiger partial charge in [0.25, 0.3) is 0 Å². The average molecular weight is 242 g/mol. The molecule has 0 aliphatic heterocycles. The second-order valence-corrected chi connectivity index (χ2v) is 6.33. The highest BCUT2D eigenvalue weighted by atomic mass is 32.1. The Hall–Kier alpha value is -0.450. The Morgan fingerprint density at radius 2 is 2.19 bits per heavy atom. The van der Waals surface area contributed by atoms with E-state index >= 15 is 0 Å². The van der Waals surface area contributed by atoms with Crippen molar-refractivity contribution in [3.8, 4) is 0 Å². The van der Waals surface area contributed by atoms with Crippen LogP contribution in [0.3, 0.4) is 0 Å². The first-order chi connectivity index (χ1) is 7.42. The quantitative estimate of drug-likeness (QED) is 0.833. The molecule has 2 N–H and O–H groups in total.